The minimum Gasteiger partial charge on any atom is -0.490 e. The number of methoxy groups -OCH3 is 1. The van der Waals surface area contributed by atoms with Gasteiger partial charge in [-0.25, -0.2) is 0 Å². The first-order chi connectivity index (χ1) is 9.45. The van der Waals surface area contributed by atoms with Crippen molar-refractivity contribution in [3.05, 3.63) is 33.9 Å². The summed E-state index contributed by atoms with van der Waals surface area (Å²) in [6, 6.07) is 4.89. The van der Waals surface area contributed by atoms with Crippen LogP contribution in [-0.4, -0.2) is 29.8 Å². The topological polar surface area (TPSA) is 84.6 Å². The highest BCUT2D eigenvalue weighted by Gasteiger charge is 2.15. The zero-order valence-corrected chi connectivity index (χ0v) is 12.1. The van der Waals surface area contributed by atoms with Gasteiger partial charge >= 0.3 is 5.69 Å². The highest BCUT2D eigenvalue weighted by molar-refractivity contribution is 5.48. The highest BCUT2D eigenvalue weighted by atomic mass is 16.6. The predicted octanol–water partition coefficient (Wildman–Crippen LogP) is 2.10. The van der Waals surface area contributed by atoms with Crippen LogP contribution in [0.3, 0.4) is 0 Å². The van der Waals surface area contributed by atoms with Crippen molar-refractivity contribution in [2.75, 3.05) is 13.7 Å². The van der Waals surface area contributed by atoms with E-state index in [1.165, 1.54) is 13.2 Å². The van der Waals surface area contributed by atoms with Crippen molar-refractivity contribution < 1.29 is 14.8 Å². The molecule has 0 bridgehead atoms. The van der Waals surface area contributed by atoms with Crippen LogP contribution in [0, 0.1) is 16.0 Å². The Morgan fingerprint density at radius 1 is 1.45 bits per heavy atom. The molecule has 0 aliphatic carbocycles. The summed E-state index contributed by atoms with van der Waals surface area (Å²) < 4.78 is 4.95. The molecule has 0 radical (unpaired) electrons. The second-order valence-corrected chi connectivity index (χ2v) is 5.04. The first-order valence-corrected chi connectivity index (χ1v) is 6.65. The summed E-state index contributed by atoms with van der Waals surface area (Å²) in [6.45, 7) is 5.13. The third-order valence-corrected chi connectivity index (χ3v) is 3.16. The highest BCUT2D eigenvalue weighted by Crippen LogP contribution is 2.27. The van der Waals surface area contributed by atoms with Crippen molar-refractivity contribution >= 4 is 5.69 Å². The minimum atomic E-state index is -0.454. The van der Waals surface area contributed by atoms with Gasteiger partial charge in [0.05, 0.1) is 18.1 Å². The lowest BCUT2D eigenvalue weighted by Crippen LogP contribution is -2.23. The molecule has 0 aromatic heterocycles. The average Bonchev–Trinajstić information content (AvgIpc) is 2.42. The SMILES string of the molecule is COc1ccc(CNCCC(O)C(C)C)cc1[N+](=O)[O-]. The van der Waals surface area contributed by atoms with E-state index >= 15 is 0 Å². The van der Waals surface area contributed by atoms with E-state index in [1.807, 2.05) is 13.8 Å². The summed E-state index contributed by atoms with van der Waals surface area (Å²) in [4.78, 5) is 10.4. The Kier molecular flexibility index (Phi) is 6.41. The van der Waals surface area contributed by atoms with Crippen LogP contribution in [0.2, 0.25) is 0 Å². The first kappa shape index (κ1) is 16.4. The lowest BCUT2D eigenvalue weighted by atomic mass is 10.0. The third-order valence-electron chi connectivity index (χ3n) is 3.16. The summed E-state index contributed by atoms with van der Waals surface area (Å²) >= 11 is 0. The van der Waals surface area contributed by atoms with Crippen LogP contribution in [0.1, 0.15) is 25.8 Å². The maximum atomic E-state index is 10.9. The zero-order chi connectivity index (χ0) is 15.1. The molecule has 0 spiro atoms. The van der Waals surface area contributed by atoms with Crippen molar-refractivity contribution in [1.29, 1.82) is 0 Å². The van der Waals surface area contributed by atoms with Crippen LogP contribution in [0.15, 0.2) is 18.2 Å². The molecule has 0 fully saturated rings. The number of hydrogen-bond donors (Lipinski definition) is 2. The van der Waals surface area contributed by atoms with Gasteiger partial charge in [-0.1, -0.05) is 19.9 Å². The molecule has 2 N–H and O–H groups in total. The summed E-state index contributed by atoms with van der Waals surface area (Å²) in [7, 11) is 1.41. The third kappa shape index (κ3) is 4.79. The van der Waals surface area contributed by atoms with Crippen LogP contribution in [-0.2, 0) is 6.54 Å². The fourth-order valence-electron chi connectivity index (χ4n) is 1.80. The number of nitro benzene ring substituents is 1. The van der Waals surface area contributed by atoms with Gasteiger partial charge < -0.3 is 15.2 Å². The van der Waals surface area contributed by atoms with Gasteiger partial charge in [0.15, 0.2) is 5.75 Å². The van der Waals surface area contributed by atoms with E-state index in [0.29, 0.717) is 19.5 Å². The molecule has 20 heavy (non-hydrogen) atoms. The Labute approximate surface area is 118 Å². The summed E-state index contributed by atoms with van der Waals surface area (Å²) in [5.41, 5.74) is 0.783. The second-order valence-electron chi connectivity index (χ2n) is 5.04. The van der Waals surface area contributed by atoms with Gasteiger partial charge in [-0.2, -0.15) is 0 Å². The summed E-state index contributed by atoms with van der Waals surface area (Å²) in [6.07, 6.45) is 0.336. The van der Waals surface area contributed by atoms with E-state index < -0.39 is 4.92 Å². The van der Waals surface area contributed by atoms with E-state index in [9.17, 15) is 15.2 Å². The Morgan fingerprint density at radius 2 is 2.15 bits per heavy atom. The Balaban J connectivity index is 2.53. The lowest BCUT2D eigenvalue weighted by Gasteiger charge is -2.14. The lowest BCUT2D eigenvalue weighted by molar-refractivity contribution is -0.385. The molecule has 112 valence electrons. The van der Waals surface area contributed by atoms with Crippen molar-refractivity contribution in [2.45, 2.75) is 32.9 Å². The molecule has 1 aromatic carbocycles. The largest absolute Gasteiger partial charge is 0.490 e. The van der Waals surface area contributed by atoms with Crippen molar-refractivity contribution in [3.63, 3.8) is 0 Å². The van der Waals surface area contributed by atoms with Gasteiger partial charge in [-0.05, 0) is 30.5 Å². The molecule has 0 aliphatic heterocycles. The van der Waals surface area contributed by atoms with Gasteiger partial charge in [0.25, 0.3) is 0 Å². The average molecular weight is 282 g/mol. The maximum Gasteiger partial charge on any atom is 0.311 e. The molecule has 0 saturated carbocycles. The summed E-state index contributed by atoms with van der Waals surface area (Å²) in [5, 5.41) is 23.7. The number of nitro groups is 1. The second kappa shape index (κ2) is 7.81. The summed E-state index contributed by atoms with van der Waals surface area (Å²) in [5.74, 6) is 0.493. The number of ether oxygens (including phenoxy) is 1. The van der Waals surface area contributed by atoms with E-state index in [1.54, 1.807) is 12.1 Å². The molecule has 0 amide bonds. The fraction of sp³-hybridized carbons (Fsp3) is 0.571. The predicted molar refractivity (Wildman–Crippen MR) is 76.8 cm³/mol. The molecule has 0 aliphatic rings. The van der Waals surface area contributed by atoms with E-state index in [2.05, 4.69) is 5.32 Å². The van der Waals surface area contributed by atoms with Crippen LogP contribution < -0.4 is 10.1 Å². The van der Waals surface area contributed by atoms with Crippen molar-refractivity contribution in [1.82, 2.24) is 5.32 Å². The van der Waals surface area contributed by atoms with Gasteiger partial charge in [-0.3, -0.25) is 10.1 Å². The van der Waals surface area contributed by atoms with E-state index in [0.717, 1.165) is 5.56 Å². The molecular formula is C14H22N2O4. The zero-order valence-electron chi connectivity index (χ0n) is 12.1. The molecule has 1 rings (SSSR count). The molecule has 1 unspecified atom stereocenters. The normalized spacial score (nSPS) is 12.4. The molecule has 6 heteroatoms. The molecule has 0 saturated heterocycles. The maximum absolute atomic E-state index is 10.9. The van der Waals surface area contributed by atoms with Gasteiger partial charge in [-0.15, -0.1) is 0 Å². The van der Waals surface area contributed by atoms with Gasteiger partial charge in [0.1, 0.15) is 0 Å². The number of nitrogens with one attached hydrogen (secondary N) is 1. The smallest absolute Gasteiger partial charge is 0.311 e. The quantitative estimate of drug-likeness (QED) is 0.433. The number of aliphatic hydroxyl groups excluding tert-OH is 1. The van der Waals surface area contributed by atoms with Crippen LogP contribution >= 0.6 is 0 Å². The Morgan fingerprint density at radius 3 is 2.70 bits per heavy atom. The standard InChI is InChI=1S/C14H22N2O4/c1-10(2)13(17)6-7-15-9-11-4-5-14(20-3)12(8-11)16(18)19/h4-5,8,10,13,15,17H,6-7,9H2,1-3H3. The number of rotatable bonds is 8. The molecule has 0 heterocycles. The first-order valence-electron chi connectivity index (χ1n) is 6.65. The van der Waals surface area contributed by atoms with Gasteiger partial charge in [0.2, 0.25) is 0 Å². The van der Waals surface area contributed by atoms with Gasteiger partial charge in [0, 0.05) is 12.6 Å². The van der Waals surface area contributed by atoms with Crippen molar-refractivity contribution in [2.24, 2.45) is 5.92 Å². The molecule has 1 aromatic rings. The monoisotopic (exact) mass is 282 g/mol. The number of hydrogen-bond acceptors (Lipinski definition) is 5. The van der Waals surface area contributed by atoms with E-state index in [4.69, 9.17) is 4.74 Å². The number of nitrogens with zero attached hydrogens (tertiary/aromatic N) is 1. The fourth-order valence-corrected chi connectivity index (χ4v) is 1.80. The molecular weight excluding hydrogens is 260 g/mol. The van der Waals surface area contributed by atoms with Crippen LogP contribution in [0.5, 0.6) is 5.75 Å². The Hall–Kier alpha value is -1.66. The number of benzene rings is 1. The van der Waals surface area contributed by atoms with Crippen molar-refractivity contribution in [3.8, 4) is 5.75 Å². The molecule has 1 atom stereocenters. The van der Waals surface area contributed by atoms with Crippen LogP contribution in [0.25, 0.3) is 0 Å². The molecule has 6 nitrogen and oxygen atoms in total. The minimum absolute atomic E-state index is 0.0333. The van der Waals surface area contributed by atoms with Crippen LogP contribution in [0.4, 0.5) is 5.69 Å². The number of aliphatic hydroxyl groups is 1. The van der Waals surface area contributed by atoms with E-state index in [-0.39, 0.29) is 23.5 Å². The Bertz CT molecular complexity index is 449.